The Balaban J connectivity index is 4.50. The molecule has 0 saturated carbocycles. The van der Waals surface area contributed by atoms with Gasteiger partial charge in [0.15, 0.2) is 0 Å². The summed E-state index contributed by atoms with van der Waals surface area (Å²) in [7, 11) is 0. The molecule has 0 aliphatic heterocycles. The summed E-state index contributed by atoms with van der Waals surface area (Å²) in [6, 6.07) is 0. The number of carbonyl (C=O) groups excluding carboxylic acids is 1. The lowest BCUT2D eigenvalue weighted by Gasteiger charge is -2.22. The lowest BCUT2D eigenvalue weighted by Crippen LogP contribution is -2.50. The van der Waals surface area contributed by atoms with Crippen molar-refractivity contribution >= 4 is 5.91 Å². The topological polar surface area (TPSA) is 161 Å². The highest BCUT2D eigenvalue weighted by atomic mass is 16.6. The van der Waals surface area contributed by atoms with Gasteiger partial charge in [0.1, 0.15) is 23.2 Å². The van der Waals surface area contributed by atoms with Crippen LogP contribution in [-0.2, 0) is 4.79 Å². The third-order valence-corrected chi connectivity index (χ3v) is 1.69. The van der Waals surface area contributed by atoms with Crippen LogP contribution in [-0.4, -0.2) is 67.4 Å². The van der Waals surface area contributed by atoms with Crippen LogP contribution in [0.15, 0.2) is 0 Å². The molecule has 9 heteroatoms. The highest BCUT2D eigenvalue weighted by molar-refractivity contribution is 5.73. The number of rotatable bonds is 5. The molecule has 4 atom stereocenters. The van der Waals surface area contributed by atoms with Gasteiger partial charge in [0, 0.05) is 0 Å². The van der Waals surface area contributed by atoms with Crippen molar-refractivity contribution in [3.63, 3.8) is 0 Å². The number of hydrogen-bond donors (Lipinski definition) is 5. The summed E-state index contributed by atoms with van der Waals surface area (Å²) in [5.74, 6) is -1.91. The van der Waals surface area contributed by atoms with E-state index in [0.717, 1.165) is 0 Å². The molecular formula is C6H11NO8. The van der Waals surface area contributed by atoms with Gasteiger partial charge in [-0.25, -0.2) is 4.79 Å². The van der Waals surface area contributed by atoms with Crippen molar-refractivity contribution in [3.05, 3.63) is 10.1 Å². The SMILES string of the molecule is O=C([C@@H](O)[C@@H](O)[C@H](O)[C@H](O)CO)[N+](=O)[O-]. The van der Waals surface area contributed by atoms with Gasteiger partial charge in [0.05, 0.1) is 6.61 Å². The van der Waals surface area contributed by atoms with E-state index in [1.807, 2.05) is 0 Å². The van der Waals surface area contributed by atoms with Gasteiger partial charge >= 0.3 is 5.91 Å². The molecule has 0 spiro atoms. The monoisotopic (exact) mass is 225 g/mol. The molecular weight excluding hydrogens is 214 g/mol. The van der Waals surface area contributed by atoms with Gasteiger partial charge in [-0.3, -0.25) is 10.1 Å². The zero-order valence-electron chi connectivity index (χ0n) is 7.42. The molecule has 0 rings (SSSR count). The van der Waals surface area contributed by atoms with Gasteiger partial charge in [-0.1, -0.05) is 0 Å². The lowest BCUT2D eigenvalue weighted by atomic mass is 10.0. The van der Waals surface area contributed by atoms with E-state index in [-0.39, 0.29) is 0 Å². The van der Waals surface area contributed by atoms with Crippen LogP contribution in [0.2, 0.25) is 0 Å². The first-order valence-electron chi connectivity index (χ1n) is 3.84. The van der Waals surface area contributed by atoms with Crippen molar-refractivity contribution < 1.29 is 35.3 Å². The first-order valence-corrected chi connectivity index (χ1v) is 3.84. The molecule has 0 heterocycles. The number of hydrogen-bond acceptors (Lipinski definition) is 8. The number of nitrogens with zero attached hydrogens (tertiary/aromatic N) is 1. The number of amides is 1. The summed E-state index contributed by atoms with van der Waals surface area (Å²) in [5, 5.41) is 54.0. The Morgan fingerprint density at radius 2 is 1.67 bits per heavy atom. The van der Waals surface area contributed by atoms with Crippen LogP contribution in [0.25, 0.3) is 0 Å². The Labute approximate surface area is 83.3 Å². The highest BCUT2D eigenvalue weighted by Crippen LogP contribution is 2.06. The second-order valence-corrected chi connectivity index (χ2v) is 2.77. The molecule has 0 aromatic carbocycles. The van der Waals surface area contributed by atoms with Crippen molar-refractivity contribution in [2.75, 3.05) is 6.61 Å². The first-order chi connectivity index (χ1) is 6.82. The van der Waals surface area contributed by atoms with Gasteiger partial charge in [0.2, 0.25) is 6.10 Å². The smallest absolute Gasteiger partial charge is 0.394 e. The van der Waals surface area contributed by atoms with E-state index in [2.05, 4.69) is 0 Å². The molecule has 88 valence electrons. The van der Waals surface area contributed by atoms with Gasteiger partial charge in [-0.2, -0.15) is 0 Å². The summed E-state index contributed by atoms with van der Waals surface area (Å²) < 4.78 is 0. The van der Waals surface area contributed by atoms with Crippen molar-refractivity contribution in [2.24, 2.45) is 0 Å². The molecule has 0 fully saturated rings. The highest BCUT2D eigenvalue weighted by Gasteiger charge is 2.39. The fourth-order valence-electron chi connectivity index (χ4n) is 0.776. The standard InChI is InChI=1S/C6H11NO8/c8-1-2(9)3(10)4(11)5(12)6(13)7(14)15/h2-5,8-12H,1H2/t2-,3-,4+,5+/m1/s1. The van der Waals surface area contributed by atoms with E-state index in [0.29, 0.717) is 0 Å². The van der Waals surface area contributed by atoms with Gasteiger partial charge < -0.3 is 25.5 Å². The fraction of sp³-hybridized carbons (Fsp3) is 0.833. The minimum absolute atomic E-state index is 0.933. The molecule has 0 aromatic heterocycles. The molecule has 0 aliphatic rings. The zero-order chi connectivity index (χ0) is 12.2. The molecule has 0 aliphatic carbocycles. The van der Waals surface area contributed by atoms with Crippen LogP contribution in [0.3, 0.4) is 0 Å². The Hall–Kier alpha value is -1.13. The van der Waals surface area contributed by atoms with Crippen LogP contribution in [0.4, 0.5) is 0 Å². The Morgan fingerprint density at radius 3 is 2.00 bits per heavy atom. The van der Waals surface area contributed by atoms with Crippen molar-refractivity contribution in [1.82, 2.24) is 0 Å². The first kappa shape index (κ1) is 13.9. The molecule has 0 radical (unpaired) electrons. The van der Waals surface area contributed by atoms with Gasteiger partial charge in [0.25, 0.3) is 0 Å². The van der Waals surface area contributed by atoms with Crippen molar-refractivity contribution in [2.45, 2.75) is 24.4 Å². The Kier molecular flexibility index (Phi) is 5.25. The normalized spacial score (nSPS) is 19.0. The number of aliphatic hydroxyl groups is 5. The maximum atomic E-state index is 10.5. The van der Waals surface area contributed by atoms with E-state index in [1.54, 1.807) is 0 Å². The summed E-state index contributed by atoms with van der Waals surface area (Å²) in [4.78, 5) is 19.0. The molecule has 0 bridgehead atoms. The maximum Gasteiger partial charge on any atom is 0.475 e. The average molecular weight is 225 g/mol. The average Bonchev–Trinajstić information content (AvgIpc) is 2.23. The predicted molar refractivity (Wildman–Crippen MR) is 43.1 cm³/mol. The van der Waals surface area contributed by atoms with Gasteiger partial charge in [-0.05, 0) is 0 Å². The molecule has 1 amide bonds. The summed E-state index contributed by atoms with van der Waals surface area (Å²) in [5.41, 5.74) is 0. The minimum Gasteiger partial charge on any atom is -0.394 e. The molecule has 5 N–H and O–H groups in total. The third-order valence-electron chi connectivity index (χ3n) is 1.69. The molecule has 15 heavy (non-hydrogen) atoms. The Morgan fingerprint density at radius 1 is 1.20 bits per heavy atom. The van der Waals surface area contributed by atoms with Crippen LogP contribution >= 0.6 is 0 Å². The van der Waals surface area contributed by atoms with Crippen LogP contribution in [0.5, 0.6) is 0 Å². The van der Waals surface area contributed by atoms with E-state index < -0.39 is 41.9 Å². The number of nitro groups is 1. The second-order valence-electron chi connectivity index (χ2n) is 2.77. The summed E-state index contributed by atoms with van der Waals surface area (Å²) in [6.07, 6.45) is -8.58. The molecule has 9 nitrogen and oxygen atoms in total. The van der Waals surface area contributed by atoms with Crippen molar-refractivity contribution in [3.8, 4) is 0 Å². The molecule has 0 aromatic rings. The Bertz CT molecular complexity index is 243. The van der Waals surface area contributed by atoms with Crippen LogP contribution < -0.4 is 0 Å². The summed E-state index contributed by atoms with van der Waals surface area (Å²) >= 11 is 0. The van der Waals surface area contributed by atoms with Crippen LogP contribution in [0, 0.1) is 10.1 Å². The van der Waals surface area contributed by atoms with E-state index in [1.165, 1.54) is 0 Å². The molecule has 0 unspecified atom stereocenters. The fourth-order valence-corrected chi connectivity index (χ4v) is 0.776. The maximum absolute atomic E-state index is 10.5. The summed E-state index contributed by atoms with van der Waals surface area (Å²) in [6.45, 7) is -0.933. The second kappa shape index (κ2) is 5.68. The van der Waals surface area contributed by atoms with Crippen molar-refractivity contribution in [1.29, 1.82) is 0 Å². The van der Waals surface area contributed by atoms with E-state index >= 15 is 0 Å². The lowest BCUT2D eigenvalue weighted by molar-refractivity contribution is -0.411. The van der Waals surface area contributed by atoms with Crippen LogP contribution in [0.1, 0.15) is 0 Å². The third kappa shape index (κ3) is 3.49. The van der Waals surface area contributed by atoms with Gasteiger partial charge in [-0.15, -0.1) is 0 Å². The van der Waals surface area contributed by atoms with E-state index in [9.17, 15) is 14.9 Å². The predicted octanol–water partition coefficient (Wildman–Crippen LogP) is -3.77. The molecule has 0 saturated heterocycles. The zero-order valence-corrected chi connectivity index (χ0v) is 7.42. The largest absolute Gasteiger partial charge is 0.475 e. The quantitative estimate of drug-likeness (QED) is 0.235. The minimum atomic E-state index is -2.46. The number of carbonyl (C=O) groups is 1. The number of aliphatic hydroxyl groups excluding tert-OH is 5. The van der Waals surface area contributed by atoms with E-state index in [4.69, 9.17) is 25.5 Å².